The summed E-state index contributed by atoms with van der Waals surface area (Å²) in [5.41, 5.74) is 1.05. The number of benzene rings is 2. The third-order valence-corrected chi connectivity index (χ3v) is 4.49. The number of nitrogens with zero attached hydrogens (tertiary/aromatic N) is 3. The molecule has 9 heteroatoms. The predicted molar refractivity (Wildman–Crippen MR) is 83.4 cm³/mol. The Labute approximate surface area is 132 Å². The summed E-state index contributed by atoms with van der Waals surface area (Å²) in [6, 6.07) is 12.9. The first-order valence-electron chi connectivity index (χ1n) is 6.59. The Kier molecular flexibility index (Phi) is 3.94. The summed E-state index contributed by atoms with van der Waals surface area (Å²) in [6.07, 6.45) is 0. The SMILES string of the molecule is COc1ccc(S(=O)(=O)Nc2cccc(-c3nn[nH]n3)c2)cc1. The van der Waals surface area contributed by atoms with Crippen LogP contribution in [0.5, 0.6) is 5.75 Å². The number of nitrogens with one attached hydrogen (secondary N) is 2. The highest BCUT2D eigenvalue weighted by Crippen LogP contribution is 2.22. The summed E-state index contributed by atoms with van der Waals surface area (Å²) in [7, 11) is -2.17. The Morgan fingerprint density at radius 1 is 1.13 bits per heavy atom. The molecule has 1 aromatic heterocycles. The van der Waals surface area contributed by atoms with Crippen molar-refractivity contribution in [1.82, 2.24) is 20.6 Å². The van der Waals surface area contributed by atoms with E-state index in [1.165, 1.54) is 19.2 Å². The topological polar surface area (TPSA) is 110 Å². The van der Waals surface area contributed by atoms with E-state index in [0.29, 0.717) is 22.8 Å². The van der Waals surface area contributed by atoms with Crippen LogP contribution < -0.4 is 9.46 Å². The van der Waals surface area contributed by atoms with Crippen LogP contribution in [0.1, 0.15) is 0 Å². The van der Waals surface area contributed by atoms with Gasteiger partial charge in [-0.3, -0.25) is 4.72 Å². The van der Waals surface area contributed by atoms with Gasteiger partial charge in [-0.1, -0.05) is 12.1 Å². The lowest BCUT2D eigenvalue weighted by molar-refractivity contribution is 0.414. The van der Waals surface area contributed by atoms with E-state index in [2.05, 4.69) is 25.3 Å². The lowest BCUT2D eigenvalue weighted by Crippen LogP contribution is -2.12. The number of hydrogen-bond acceptors (Lipinski definition) is 6. The molecule has 0 fully saturated rings. The Hall–Kier alpha value is -2.94. The van der Waals surface area contributed by atoms with Gasteiger partial charge in [-0.25, -0.2) is 8.42 Å². The van der Waals surface area contributed by atoms with Gasteiger partial charge in [0.1, 0.15) is 5.75 Å². The van der Waals surface area contributed by atoms with Gasteiger partial charge in [-0.2, -0.15) is 5.21 Å². The Bertz CT molecular complexity index is 892. The molecule has 0 unspecified atom stereocenters. The van der Waals surface area contributed by atoms with Crippen LogP contribution in [0, 0.1) is 0 Å². The fourth-order valence-electron chi connectivity index (χ4n) is 1.97. The number of anilines is 1. The predicted octanol–water partition coefficient (Wildman–Crippen LogP) is 1.68. The standard InChI is InChI=1S/C14H13N5O3S/c1-22-12-5-7-13(8-6-12)23(20,21)17-11-4-2-3-10(9-11)14-15-18-19-16-14/h2-9,17H,1H3,(H,15,16,18,19). The third kappa shape index (κ3) is 3.29. The molecule has 0 aliphatic carbocycles. The summed E-state index contributed by atoms with van der Waals surface area (Å²) >= 11 is 0. The summed E-state index contributed by atoms with van der Waals surface area (Å²) < 4.78 is 32.3. The van der Waals surface area contributed by atoms with Crippen molar-refractivity contribution in [3.8, 4) is 17.1 Å². The van der Waals surface area contributed by atoms with Crippen LogP contribution in [0.2, 0.25) is 0 Å². The highest BCUT2D eigenvalue weighted by molar-refractivity contribution is 7.92. The first-order chi connectivity index (χ1) is 11.1. The average Bonchev–Trinajstić information content (AvgIpc) is 3.09. The van der Waals surface area contributed by atoms with Gasteiger partial charge in [-0.15, -0.1) is 10.2 Å². The minimum atomic E-state index is -3.69. The minimum absolute atomic E-state index is 0.142. The van der Waals surface area contributed by atoms with Gasteiger partial charge in [0.2, 0.25) is 5.82 Å². The van der Waals surface area contributed by atoms with Crippen molar-refractivity contribution in [3.05, 3.63) is 48.5 Å². The zero-order valence-corrected chi connectivity index (χ0v) is 12.9. The van der Waals surface area contributed by atoms with Crippen LogP contribution in [0.15, 0.2) is 53.4 Å². The molecule has 0 atom stereocenters. The summed E-state index contributed by atoms with van der Waals surface area (Å²) in [5, 5.41) is 13.6. The Morgan fingerprint density at radius 2 is 1.91 bits per heavy atom. The lowest BCUT2D eigenvalue weighted by Gasteiger charge is -2.09. The fraction of sp³-hybridized carbons (Fsp3) is 0.0714. The molecule has 0 spiro atoms. The Balaban J connectivity index is 1.87. The van der Waals surface area contributed by atoms with E-state index in [1.807, 2.05) is 0 Å². The molecule has 0 radical (unpaired) electrons. The molecule has 0 bridgehead atoms. The van der Waals surface area contributed by atoms with Crippen LogP contribution in [-0.4, -0.2) is 36.2 Å². The normalized spacial score (nSPS) is 11.2. The first kappa shape index (κ1) is 15.0. The average molecular weight is 331 g/mol. The molecule has 3 aromatic rings. The third-order valence-electron chi connectivity index (χ3n) is 3.09. The maximum absolute atomic E-state index is 12.4. The van der Waals surface area contributed by atoms with Gasteiger partial charge in [-0.05, 0) is 41.6 Å². The number of sulfonamides is 1. The van der Waals surface area contributed by atoms with Crippen LogP contribution in [0.25, 0.3) is 11.4 Å². The molecule has 1 heterocycles. The molecule has 0 aliphatic rings. The second-order valence-corrected chi connectivity index (χ2v) is 6.28. The summed E-state index contributed by atoms with van der Waals surface area (Å²) in [5.74, 6) is 0.971. The highest BCUT2D eigenvalue weighted by Gasteiger charge is 2.15. The van der Waals surface area contributed by atoms with Gasteiger partial charge in [0.15, 0.2) is 0 Å². The van der Waals surface area contributed by atoms with Gasteiger partial charge >= 0.3 is 0 Å². The number of hydrogen-bond donors (Lipinski definition) is 2. The van der Waals surface area contributed by atoms with Crippen LogP contribution >= 0.6 is 0 Å². The van der Waals surface area contributed by atoms with E-state index in [1.54, 1.807) is 36.4 Å². The van der Waals surface area contributed by atoms with E-state index in [0.717, 1.165) is 0 Å². The second kappa shape index (κ2) is 6.05. The largest absolute Gasteiger partial charge is 0.497 e. The molecule has 0 saturated carbocycles. The number of rotatable bonds is 5. The van der Waals surface area contributed by atoms with Crippen LogP contribution in [0.4, 0.5) is 5.69 Å². The number of ether oxygens (including phenoxy) is 1. The molecule has 0 amide bonds. The maximum Gasteiger partial charge on any atom is 0.261 e. The molecule has 2 aromatic carbocycles. The highest BCUT2D eigenvalue weighted by atomic mass is 32.2. The van der Waals surface area contributed by atoms with Crippen molar-refractivity contribution in [1.29, 1.82) is 0 Å². The second-order valence-electron chi connectivity index (χ2n) is 4.60. The van der Waals surface area contributed by atoms with Gasteiger partial charge in [0, 0.05) is 11.3 Å². The van der Waals surface area contributed by atoms with Crippen LogP contribution in [0.3, 0.4) is 0 Å². The van der Waals surface area contributed by atoms with Crippen molar-refractivity contribution in [2.45, 2.75) is 4.90 Å². The number of tetrazole rings is 1. The molecule has 8 nitrogen and oxygen atoms in total. The van der Waals surface area contributed by atoms with Crippen molar-refractivity contribution >= 4 is 15.7 Å². The molecule has 0 saturated heterocycles. The van der Waals surface area contributed by atoms with E-state index in [-0.39, 0.29) is 4.90 Å². The van der Waals surface area contributed by atoms with E-state index in [9.17, 15) is 8.42 Å². The molecule has 23 heavy (non-hydrogen) atoms. The molecule has 118 valence electrons. The number of H-pyrrole nitrogens is 1. The smallest absolute Gasteiger partial charge is 0.261 e. The van der Waals surface area contributed by atoms with Crippen LogP contribution in [-0.2, 0) is 10.0 Å². The number of aromatic nitrogens is 4. The zero-order chi connectivity index (χ0) is 16.3. The van der Waals surface area contributed by atoms with Gasteiger partial charge in [0.05, 0.1) is 12.0 Å². The number of methoxy groups -OCH3 is 1. The van der Waals surface area contributed by atoms with Crippen molar-refractivity contribution < 1.29 is 13.2 Å². The molecule has 0 aliphatic heterocycles. The van der Waals surface area contributed by atoms with Gasteiger partial charge < -0.3 is 4.74 Å². The van der Waals surface area contributed by atoms with E-state index >= 15 is 0 Å². The lowest BCUT2D eigenvalue weighted by atomic mass is 10.2. The summed E-state index contributed by atoms with van der Waals surface area (Å²) in [4.78, 5) is 0.142. The quantitative estimate of drug-likeness (QED) is 0.736. The van der Waals surface area contributed by atoms with Gasteiger partial charge in [0.25, 0.3) is 10.0 Å². The molecular formula is C14H13N5O3S. The van der Waals surface area contributed by atoms with Crippen molar-refractivity contribution in [3.63, 3.8) is 0 Å². The number of aromatic amines is 1. The minimum Gasteiger partial charge on any atom is -0.497 e. The first-order valence-corrected chi connectivity index (χ1v) is 8.07. The summed E-state index contributed by atoms with van der Waals surface area (Å²) in [6.45, 7) is 0. The van der Waals surface area contributed by atoms with Crippen molar-refractivity contribution in [2.24, 2.45) is 0 Å². The van der Waals surface area contributed by atoms with E-state index in [4.69, 9.17) is 4.74 Å². The maximum atomic E-state index is 12.4. The van der Waals surface area contributed by atoms with Crippen molar-refractivity contribution in [2.75, 3.05) is 11.8 Å². The molecule has 3 rings (SSSR count). The monoisotopic (exact) mass is 331 g/mol. The fourth-order valence-corrected chi connectivity index (χ4v) is 3.02. The van der Waals surface area contributed by atoms with E-state index < -0.39 is 10.0 Å². The zero-order valence-electron chi connectivity index (χ0n) is 12.1. The molecular weight excluding hydrogens is 318 g/mol. The molecule has 2 N–H and O–H groups in total. The Morgan fingerprint density at radius 3 is 2.57 bits per heavy atom.